The summed E-state index contributed by atoms with van der Waals surface area (Å²) in [7, 11) is 1.53. The van der Waals surface area contributed by atoms with Crippen LogP contribution in [0.25, 0.3) is 0 Å². The second kappa shape index (κ2) is 8.43. The molecule has 0 saturated carbocycles. The molecule has 0 bridgehead atoms. The van der Waals surface area contributed by atoms with E-state index in [-0.39, 0.29) is 5.91 Å². The van der Waals surface area contributed by atoms with Crippen molar-refractivity contribution < 1.29 is 9.53 Å². The standard InChI is InChI=1S/C15H25N3O2/c1-4-18(5-2)11-7-10-17-15(19)14-12(16)8-6-9-13(14)20-3/h6,8-9H,4-5,7,10-11,16H2,1-3H3,(H,17,19). The molecule has 5 nitrogen and oxygen atoms in total. The zero-order chi connectivity index (χ0) is 15.0. The second-order valence-corrected chi connectivity index (χ2v) is 4.56. The van der Waals surface area contributed by atoms with Crippen LogP contribution < -0.4 is 15.8 Å². The SMILES string of the molecule is CCN(CC)CCCNC(=O)c1c(N)cccc1OC. The van der Waals surface area contributed by atoms with Crippen LogP contribution in [0.1, 0.15) is 30.6 Å². The molecule has 0 aliphatic rings. The summed E-state index contributed by atoms with van der Waals surface area (Å²) in [6.07, 6.45) is 0.919. The van der Waals surface area contributed by atoms with Gasteiger partial charge in [-0.15, -0.1) is 0 Å². The molecule has 1 amide bonds. The van der Waals surface area contributed by atoms with E-state index in [1.165, 1.54) is 7.11 Å². The van der Waals surface area contributed by atoms with Crippen molar-refractivity contribution in [3.63, 3.8) is 0 Å². The first-order valence-corrected chi connectivity index (χ1v) is 7.07. The van der Waals surface area contributed by atoms with E-state index in [4.69, 9.17) is 10.5 Å². The number of ether oxygens (including phenoxy) is 1. The Kier molecular flexibility index (Phi) is 6.87. The van der Waals surface area contributed by atoms with E-state index >= 15 is 0 Å². The molecule has 5 heteroatoms. The van der Waals surface area contributed by atoms with Crippen molar-refractivity contribution in [3.8, 4) is 5.75 Å². The lowest BCUT2D eigenvalue weighted by Crippen LogP contribution is -2.30. The van der Waals surface area contributed by atoms with E-state index < -0.39 is 0 Å². The minimum atomic E-state index is -0.181. The van der Waals surface area contributed by atoms with Crippen molar-refractivity contribution in [1.29, 1.82) is 0 Å². The maximum atomic E-state index is 12.1. The summed E-state index contributed by atoms with van der Waals surface area (Å²) in [6.45, 7) is 7.95. The zero-order valence-corrected chi connectivity index (χ0v) is 12.6. The van der Waals surface area contributed by atoms with Crippen LogP contribution in [0.3, 0.4) is 0 Å². The molecular weight excluding hydrogens is 254 g/mol. The molecule has 0 aliphatic heterocycles. The predicted molar refractivity (Wildman–Crippen MR) is 82.1 cm³/mol. The largest absolute Gasteiger partial charge is 0.496 e. The number of hydrogen-bond donors (Lipinski definition) is 2. The van der Waals surface area contributed by atoms with Crippen LogP contribution in [0, 0.1) is 0 Å². The highest BCUT2D eigenvalue weighted by Crippen LogP contribution is 2.23. The number of nitrogens with one attached hydrogen (secondary N) is 1. The Balaban J connectivity index is 2.51. The summed E-state index contributed by atoms with van der Waals surface area (Å²) in [5, 5.41) is 2.89. The fraction of sp³-hybridized carbons (Fsp3) is 0.533. The van der Waals surface area contributed by atoms with Crippen LogP contribution in [0.4, 0.5) is 5.69 Å². The van der Waals surface area contributed by atoms with Crippen LogP contribution >= 0.6 is 0 Å². The second-order valence-electron chi connectivity index (χ2n) is 4.56. The number of nitrogens with two attached hydrogens (primary N) is 1. The van der Waals surface area contributed by atoms with E-state index in [1.54, 1.807) is 18.2 Å². The van der Waals surface area contributed by atoms with Gasteiger partial charge in [0.1, 0.15) is 11.3 Å². The fourth-order valence-electron chi connectivity index (χ4n) is 2.09. The summed E-state index contributed by atoms with van der Waals surface area (Å²) in [5.74, 6) is 0.325. The molecule has 0 fully saturated rings. The van der Waals surface area contributed by atoms with Crippen molar-refractivity contribution in [2.45, 2.75) is 20.3 Å². The molecule has 0 spiro atoms. The summed E-state index contributed by atoms with van der Waals surface area (Å²) < 4.78 is 5.18. The normalized spacial score (nSPS) is 10.6. The third kappa shape index (κ3) is 4.42. The third-order valence-corrected chi connectivity index (χ3v) is 3.34. The summed E-state index contributed by atoms with van der Waals surface area (Å²) >= 11 is 0. The first-order chi connectivity index (χ1) is 9.63. The van der Waals surface area contributed by atoms with E-state index in [2.05, 4.69) is 24.1 Å². The maximum absolute atomic E-state index is 12.1. The maximum Gasteiger partial charge on any atom is 0.257 e. The van der Waals surface area contributed by atoms with Gasteiger partial charge in [0, 0.05) is 12.2 Å². The van der Waals surface area contributed by atoms with Gasteiger partial charge in [-0.25, -0.2) is 0 Å². The molecule has 20 heavy (non-hydrogen) atoms. The molecule has 1 aromatic rings. The van der Waals surface area contributed by atoms with Crippen molar-refractivity contribution in [3.05, 3.63) is 23.8 Å². The Bertz CT molecular complexity index is 431. The number of benzene rings is 1. The fourth-order valence-corrected chi connectivity index (χ4v) is 2.09. The van der Waals surface area contributed by atoms with Gasteiger partial charge >= 0.3 is 0 Å². The van der Waals surface area contributed by atoms with E-state index in [0.717, 1.165) is 26.1 Å². The van der Waals surface area contributed by atoms with Gasteiger partial charge in [-0.05, 0) is 38.2 Å². The van der Waals surface area contributed by atoms with E-state index in [0.29, 0.717) is 23.5 Å². The van der Waals surface area contributed by atoms with Gasteiger partial charge in [-0.3, -0.25) is 4.79 Å². The van der Waals surface area contributed by atoms with Crippen molar-refractivity contribution in [2.24, 2.45) is 0 Å². The summed E-state index contributed by atoms with van der Waals surface area (Å²) in [6, 6.07) is 5.21. The minimum Gasteiger partial charge on any atom is -0.496 e. The smallest absolute Gasteiger partial charge is 0.257 e. The molecule has 3 N–H and O–H groups in total. The number of rotatable bonds is 8. The molecule has 0 atom stereocenters. The van der Waals surface area contributed by atoms with Crippen LogP contribution in [-0.4, -0.2) is 44.1 Å². The van der Waals surface area contributed by atoms with E-state index in [1.807, 2.05) is 0 Å². The van der Waals surface area contributed by atoms with Gasteiger partial charge in [0.25, 0.3) is 5.91 Å². The Labute approximate surface area is 121 Å². The van der Waals surface area contributed by atoms with Crippen molar-refractivity contribution in [1.82, 2.24) is 10.2 Å². The first-order valence-electron chi connectivity index (χ1n) is 7.07. The van der Waals surface area contributed by atoms with Crippen LogP contribution in [0.15, 0.2) is 18.2 Å². The van der Waals surface area contributed by atoms with Crippen LogP contribution in [-0.2, 0) is 0 Å². The Morgan fingerprint density at radius 3 is 2.65 bits per heavy atom. The van der Waals surface area contributed by atoms with Crippen molar-refractivity contribution in [2.75, 3.05) is 39.0 Å². The average molecular weight is 279 g/mol. The zero-order valence-electron chi connectivity index (χ0n) is 12.6. The lowest BCUT2D eigenvalue weighted by Gasteiger charge is -2.18. The minimum absolute atomic E-state index is 0.181. The number of anilines is 1. The van der Waals surface area contributed by atoms with Gasteiger partial charge < -0.3 is 20.7 Å². The first kappa shape index (κ1) is 16.3. The number of hydrogen-bond acceptors (Lipinski definition) is 4. The Morgan fingerprint density at radius 2 is 2.05 bits per heavy atom. The van der Waals surface area contributed by atoms with Crippen LogP contribution in [0.5, 0.6) is 5.75 Å². The molecule has 0 heterocycles. The average Bonchev–Trinajstić information content (AvgIpc) is 2.46. The number of amides is 1. The number of nitrogen functional groups attached to an aromatic ring is 1. The highest BCUT2D eigenvalue weighted by atomic mass is 16.5. The van der Waals surface area contributed by atoms with Crippen molar-refractivity contribution >= 4 is 11.6 Å². The molecule has 0 unspecified atom stereocenters. The van der Waals surface area contributed by atoms with E-state index in [9.17, 15) is 4.79 Å². The topological polar surface area (TPSA) is 67.6 Å². The number of methoxy groups -OCH3 is 1. The molecule has 0 saturated heterocycles. The lowest BCUT2D eigenvalue weighted by molar-refractivity contribution is 0.0950. The molecule has 1 aromatic carbocycles. The molecular formula is C15H25N3O2. The number of carbonyl (C=O) groups excluding carboxylic acids is 1. The number of nitrogens with zero attached hydrogens (tertiary/aromatic N) is 1. The lowest BCUT2D eigenvalue weighted by atomic mass is 10.1. The molecule has 1 rings (SSSR count). The van der Waals surface area contributed by atoms with Gasteiger partial charge in [0.2, 0.25) is 0 Å². The Hall–Kier alpha value is -1.75. The molecule has 112 valence electrons. The van der Waals surface area contributed by atoms with Gasteiger partial charge in [0.05, 0.1) is 7.11 Å². The van der Waals surface area contributed by atoms with Gasteiger partial charge in [-0.1, -0.05) is 19.9 Å². The Morgan fingerprint density at radius 1 is 1.35 bits per heavy atom. The highest BCUT2D eigenvalue weighted by molar-refractivity contribution is 6.01. The quantitative estimate of drug-likeness (QED) is 0.562. The number of carbonyl (C=O) groups is 1. The highest BCUT2D eigenvalue weighted by Gasteiger charge is 2.15. The van der Waals surface area contributed by atoms with Gasteiger partial charge in [-0.2, -0.15) is 0 Å². The predicted octanol–water partition coefficient (Wildman–Crippen LogP) is 1.74. The summed E-state index contributed by atoms with van der Waals surface area (Å²) in [4.78, 5) is 14.5. The summed E-state index contributed by atoms with van der Waals surface area (Å²) in [5.41, 5.74) is 6.69. The van der Waals surface area contributed by atoms with Crippen LogP contribution in [0.2, 0.25) is 0 Å². The van der Waals surface area contributed by atoms with Gasteiger partial charge in [0.15, 0.2) is 0 Å². The molecule has 0 aliphatic carbocycles. The molecule has 0 radical (unpaired) electrons. The third-order valence-electron chi connectivity index (χ3n) is 3.34. The monoisotopic (exact) mass is 279 g/mol. The molecule has 0 aromatic heterocycles.